The Bertz CT molecular complexity index is 615. The quantitative estimate of drug-likeness (QED) is 0.777. The molecule has 0 spiro atoms. The standard InChI is InChI=1S/C16H17ClN2/c1-10-6-11(2)8-12(7-10)9-15-18-14-5-3-4-13(14)16(17)19-15/h6-8H,3-5,9H2,1-2H3. The summed E-state index contributed by atoms with van der Waals surface area (Å²) in [6, 6.07) is 6.56. The summed E-state index contributed by atoms with van der Waals surface area (Å²) in [6.07, 6.45) is 3.97. The number of rotatable bonds is 2. The summed E-state index contributed by atoms with van der Waals surface area (Å²) in [5.74, 6) is 0.843. The first-order valence-corrected chi connectivity index (χ1v) is 7.11. The molecule has 0 fully saturated rings. The van der Waals surface area contributed by atoms with Gasteiger partial charge >= 0.3 is 0 Å². The van der Waals surface area contributed by atoms with Gasteiger partial charge in [-0.3, -0.25) is 0 Å². The third-order valence-electron chi connectivity index (χ3n) is 3.57. The molecule has 0 atom stereocenters. The van der Waals surface area contributed by atoms with Gasteiger partial charge in [0.2, 0.25) is 0 Å². The van der Waals surface area contributed by atoms with Crippen LogP contribution in [0.3, 0.4) is 0 Å². The Morgan fingerprint density at radius 3 is 2.53 bits per heavy atom. The molecular formula is C16H17ClN2. The number of benzene rings is 1. The first-order chi connectivity index (χ1) is 9.11. The second-order valence-electron chi connectivity index (χ2n) is 5.38. The van der Waals surface area contributed by atoms with E-state index in [4.69, 9.17) is 11.6 Å². The summed E-state index contributed by atoms with van der Waals surface area (Å²) < 4.78 is 0. The molecule has 1 aliphatic carbocycles. The van der Waals surface area contributed by atoms with Crippen molar-refractivity contribution in [2.75, 3.05) is 0 Å². The van der Waals surface area contributed by atoms with E-state index in [0.717, 1.165) is 42.8 Å². The third kappa shape index (κ3) is 2.64. The van der Waals surface area contributed by atoms with E-state index < -0.39 is 0 Å². The lowest BCUT2D eigenvalue weighted by Crippen LogP contribution is -2.02. The molecule has 1 aromatic carbocycles. The van der Waals surface area contributed by atoms with Gasteiger partial charge in [0.1, 0.15) is 11.0 Å². The van der Waals surface area contributed by atoms with E-state index >= 15 is 0 Å². The molecule has 3 heteroatoms. The lowest BCUT2D eigenvalue weighted by atomic mass is 10.0. The Labute approximate surface area is 118 Å². The van der Waals surface area contributed by atoms with Crippen LogP contribution >= 0.6 is 11.6 Å². The maximum atomic E-state index is 6.25. The molecule has 0 saturated heterocycles. The van der Waals surface area contributed by atoms with Crippen LogP contribution in [-0.2, 0) is 19.3 Å². The minimum Gasteiger partial charge on any atom is -0.237 e. The molecule has 2 aromatic rings. The Morgan fingerprint density at radius 1 is 1.05 bits per heavy atom. The van der Waals surface area contributed by atoms with Crippen LogP contribution in [0.5, 0.6) is 0 Å². The highest BCUT2D eigenvalue weighted by molar-refractivity contribution is 6.30. The van der Waals surface area contributed by atoms with E-state index in [-0.39, 0.29) is 0 Å². The van der Waals surface area contributed by atoms with Gasteiger partial charge in [-0.2, -0.15) is 0 Å². The van der Waals surface area contributed by atoms with E-state index in [0.29, 0.717) is 5.15 Å². The summed E-state index contributed by atoms with van der Waals surface area (Å²) in [4.78, 5) is 9.13. The molecule has 19 heavy (non-hydrogen) atoms. The molecule has 1 aliphatic rings. The number of halogens is 1. The van der Waals surface area contributed by atoms with Gasteiger partial charge in [-0.15, -0.1) is 0 Å². The summed E-state index contributed by atoms with van der Waals surface area (Å²) in [5.41, 5.74) is 6.13. The van der Waals surface area contributed by atoms with E-state index in [1.807, 2.05) is 0 Å². The van der Waals surface area contributed by atoms with Crippen molar-refractivity contribution in [1.82, 2.24) is 9.97 Å². The van der Waals surface area contributed by atoms with Crippen LogP contribution in [-0.4, -0.2) is 9.97 Å². The monoisotopic (exact) mass is 272 g/mol. The summed E-state index contributed by atoms with van der Waals surface area (Å²) in [7, 11) is 0. The normalized spacial score (nSPS) is 13.6. The number of aryl methyl sites for hydroxylation is 3. The number of fused-ring (bicyclic) bond motifs is 1. The van der Waals surface area contributed by atoms with Crippen LogP contribution in [0, 0.1) is 13.8 Å². The van der Waals surface area contributed by atoms with Gasteiger partial charge in [0.15, 0.2) is 0 Å². The second-order valence-corrected chi connectivity index (χ2v) is 5.74. The van der Waals surface area contributed by atoms with Gasteiger partial charge in [0.05, 0.1) is 0 Å². The van der Waals surface area contributed by atoms with Crippen molar-refractivity contribution in [2.45, 2.75) is 39.5 Å². The molecule has 1 heterocycles. The summed E-state index contributed by atoms with van der Waals surface area (Å²) >= 11 is 6.25. The van der Waals surface area contributed by atoms with Gasteiger partial charge in [0, 0.05) is 17.7 Å². The van der Waals surface area contributed by atoms with E-state index in [2.05, 4.69) is 42.0 Å². The molecule has 0 bridgehead atoms. The molecule has 0 aliphatic heterocycles. The Hall–Kier alpha value is -1.41. The molecule has 0 radical (unpaired) electrons. The zero-order chi connectivity index (χ0) is 13.4. The minimum atomic E-state index is 0.655. The first-order valence-electron chi connectivity index (χ1n) is 6.73. The summed E-state index contributed by atoms with van der Waals surface area (Å²) in [6.45, 7) is 4.24. The fraction of sp³-hybridized carbons (Fsp3) is 0.375. The number of aromatic nitrogens is 2. The van der Waals surface area contributed by atoms with Gasteiger partial charge in [-0.1, -0.05) is 40.9 Å². The lowest BCUT2D eigenvalue weighted by molar-refractivity contribution is 0.885. The molecule has 0 unspecified atom stereocenters. The Balaban J connectivity index is 1.93. The average Bonchev–Trinajstić information content (AvgIpc) is 2.75. The smallest absolute Gasteiger partial charge is 0.136 e. The molecular weight excluding hydrogens is 256 g/mol. The van der Waals surface area contributed by atoms with E-state index in [1.54, 1.807) is 0 Å². The van der Waals surface area contributed by atoms with Crippen LogP contribution in [0.1, 0.15) is 40.2 Å². The number of hydrogen-bond donors (Lipinski definition) is 0. The van der Waals surface area contributed by atoms with Crippen LogP contribution in [0.2, 0.25) is 5.15 Å². The zero-order valence-electron chi connectivity index (χ0n) is 11.3. The lowest BCUT2D eigenvalue weighted by Gasteiger charge is -2.07. The number of hydrogen-bond acceptors (Lipinski definition) is 2. The van der Waals surface area contributed by atoms with Crippen molar-refractivity contribution in [2.24, 2.45) is 0 Å². The summed E-state index contributed by atoms with van der Waals surface area (Å²) in [5, 5.41) is 0.655. The van der Waals surface area contributed by atoms with Crippen molar-refractivity contribution < 1.29 is 0 Å². The molecule has 1 aromatic heterocycles. The molecule has 0 amide bonds. The van der Waals surface area contributed by atoms with E-state index in [1.165, 1.54) is 16.7 Å². The van der Waals surface area contributed by atoms with Crippen molar-refractivity contribution in [3.8, 4) is 0 Å². The van der Waals surface area contributed by atoms with Crippen LogP contribution in [0.15, 0.2) is 18.2 Å². The molecule has 98 valence electrons. The average molecular weight is 273 g/mol. The topological polar surface area (TPSA) is 25.8 Å². The van der Waals surface area contributed by atoms with Crippen LogP contribution < -0.4 is 0 Å². The molecule has 0 saturated carbocycles. The van der Waals surface area contributed by atoms with Gasteiger partial charge in [-0.25, -0.2) is 9.97 Å². The first kappa shape index (κ1) is 12.6. The van der Waals surface area contributed by atoms with Crippen molar-refractivity contribution in [3.63, 3.8) is 0 Å². The molecule has 3 rings (SSSR count). The van der Waals surface area contributed by atoms with Crippen LogP contribution in [0.4, 0.5) is 0 Å². The van der Waals surface area contributed by atoms with Gasteiger partial charge in [0.25, 0.3) is 0 Å². The fourth-order valence-electron chi connectivity index (χ4n) is 2.87. The zero-order valence-corrected chi connectivity index (χ0v) is 12.1. The van der Waals surface area contributed by atoms with E-state index in [9.17, 15) is 0 Å². The van der Waals surface area contributed by atoms with Crippen molar-refractivity contribution in [1.29, 1.82) is 0 Å². The minimum absolute atomic E-state index is 0.655. The van der Waals surface area contributed by atoms with Crippen LogP contribution in [0.25, 0.3) is 0 Å². The maximum Gasteiger partial charge on any atom is 0.136 e. The third-order valence-corrected chi connectivity index (χ3v) is 3.89. The Kier molecular flexibility index (Phi) is 3.28. The highest BCUT2D eigenvalue weighted by atomic mass is 35.5. The largest absolute Gasteiger partial charge is 0.237 e. The van der Waals surface area contributed by atoms with Crippen molar-refractivity contribution >= 4 is 11.6 Å². The molecule has 0 N–H and O–H groups in total. The van der Waals surface area contributed by atoms with Gasteiger partial charge < -0.3 is 0 Å². The fourth-order valence-corrected chi connectivity index (χ4v) is 3.17. The number of nitrogens with zero attached hydrogens (tertiary/aromatic N) is 2. The highest BCUT2D eigenvalue weighted by Gasteiger charge is 2.18. The van der Waals surface area contributed by atoms with Crippen molar-refractivity contribution in [3.05, 3.63) is 57.1 Å². The second kappa shape index (κ2) is 4.93. The maximum absolute atomic E-state index is 6.25. The predicted octanol–water partition coefficient (Wildman–Crippen LogP) is 3.83. The van der Waals surface area contributed by atoms with Gasteiger partial charge in [-0.05, 0) is 38.7 Å². The predicted molar refractivity (Wildman–Crippen MR) is 77.8 cm³/mol. The SMILES string of the molecule is Cc1cc(C)cc(Cc2nc(Cl)c3c(n2)CCC3)c1. The molecule has 2 nitrogen and oxygen atoms in total. The highest BCUT2D eigenvalue weighted by Crippen LogP contribution is 2.26. The Morgan fingerprint density at radius 2 is 1.79 bits per heavy atom.